The molecule has 7 heteroatoms. The third-order valence-electron chi connectivity index (χ3n) is 3.70. The number of sulfonamides is 1. The van der Waals surface area contributed by atoms with E-state index in [0.29, 0.717) is 18.5 Å². The van der Waals surface area contributed by atoms with Crippen molar-refractivity contribution in [1.29, 1.82) is 0 Å². The van der Waals surface area contributed by atoms with Crippen molar-refractivity contribution >= 4 is 15.8 Å². The van der Waals surface area contributed by atoms with Crippen molar-refractivity contribution in [3.05, 3.63) is 53.6 Å². The van der Waals surface area contributed by atoms with Crippen molar-refractivity contribution in [2.45, 2.75) is 24.8 Å². The molecule has 22 heavy (non-hydrogen) atoms. The van der Waals surface area contributed by atoms with Crippen LogP contribution in [0, 0.1) is 0 Å². The fourth-order valence-corrected chi connectivity index (χ4v) is 3.94. The molecule has 0 amide bonds. The number of aromatic nitrogens is 2. The van der Waals surface area contributed by atoms with Gasteiger partial charge < -0.3 is 0 Å². The second kappa shape index (κ2) is 5.58. The molecule has 1 aliphatic rings. The van der Waals surface area contributed by atoms with Crippen LogP contribution in [0.5, 0.6) is 0 Å². The summed E-state index contributed by atoms with van der Waals surface area (Å²) in [6.45, 7) is 2.04. The Bertz CT molecular complexity index is 833. The summed E-state index contributed by atoms with van der Waals surface area (Å²) >= 11 is 0. The van der Waals surface area contributed by atoms with E-state index in [2.05, 4.69) is 9.97 Å². The summed E-state index contributed by atoms with van der Waals surface area (Å²) in [4.78, 5) is 19.7. The molecule has 0 atom stereocenters. The SMILES string of the molecule is CC(=O)c1cccc(S(=O)(=O)N2CCc3ncncc3C2)c1. The highest BCUT2D eigenvalue weighted by molar-refractivity contribution is 7.89. The Morgan fingerprint density at radius 2 is 2.14 bits per heavy atom. The van der Waals surface area contributed by atoms with Crippen LogP contribution in [0.15, 0.2) is 41.7 Å². The number of hydrogen-bond donors (Lipinski definition) is 0. The first kappa shape index (κ1) is 14.8. The van der Waals surface area contributed by atoms with E-state index in [4.69, 9.17) is 0 Å². The Morgan fingerprint density at radius 1 is 1.32 bits per heavy atom. The fourth-order valence-electron chi connectivity index (χ4n) is 2.47. The van der Waals surface area contributed by atoms with E-state index in [1.54, 1.807) is 18.3 Å². The van der Waals surface area contributed by atoms with Gasteiger partial charge in [-0.05, 0) is 19.1 Å². The second-order valence-corrected chi connectivity index (χ2v) is 7.11. The molecule has 0 bridgehead atoms. The number of hydrogen-bond acceptors (Lipinski definition) is 5. The van der Waals surface area contributed by atoms with Gasteiger partial charge in [0.1, 0.15) is 6.33 Å². The summed E-state index contributed by atoms with van der Waals surface area (Å²) in [6.07, 6.45) is 3.68. The highest BCUT2D eigenvalue weighted by Gasteiger charge is 2.29. The minimum atomic E-state index is -3.64. The molecular formula is C15H15N3O3S. The lowest BCUT2D eigenvalue weighted by Crippen LogP contribution is -2.36. The molecule has 0 fully saturated rings. The predicted molar refractivity (Wildman–Crippen MR) is 79.8 cm³/mol. The molecule has 2 aromatic rings. The monoisotopic (exact) mass is 317 g/mol. The van der Waals surface area contributed by atoms with Crippen LogP contribution in [0.4, 0.5) is 0 Å². The van der Waals surface area contributed by atoms with Gasteiger partial charge in [-0.1, -0.05) is 12.1 Å². The predicted octanol–water partition coefficient (Wildman–Crippen LogP) is 1.43. The van der Waals surface area contributed by atoms with Crippen molar-refractivity contribution in [3.8, 4) is 0 Å². The van der Waals surface area contributed by atoms with Crippen LogP contribution in [0.1, 0.15) is 28.5 Å². The first-order valence-electron chi connectivity index (χ1n) is 6.87. The highest BCUT2D eigenvalue weighted by atomic mass is 32.2. The van der Waals surface area contributed by atoms with Gasteiger partial charge in [0.2, 0.25) is 10.0 Å². The summed E-state index contributed by atoms with van der Waals surface area (Å²) in [6, 6.07) is 6.14. The van der Waals surface area contributed by atoms with Crippen LogP contribution < -0.4 is 0 Å². The van der Waals surface area contributed by atoms with E-state index < -0.39 is 10.0 Å². The molecule has 3 rings (SSSR count). The normalized spacial score (nSPS) is 15.3. The lowest BCUT2D eigenvalue weighted by Gasteiger charge is -2.27. The van der Waals surface area contributed by atoms with Crippen LogP contribution in [-0.4, -0.2) is 35.0 Å². The number of rotatable bonds is 3. The van der Waals surface area contributed by atoms with E-state index in [9.17, 15) is 13.2 Å². The Balaban J connectivity index is 1.94. The topological polar surface area (TPSA) is 80.2 Å². The minimum absolute atomic E-state index is 0.139. The summed E-state index contributed by atoms with van der Waals surface area (Å²) in [5, 5.41) is 0. The van der Waals surface area contributed by atoms with E-state index in [0.717, 1.165) is 11.3 Å². The zero-order valence-electron chi connectivity index (χ0n) is 12.1. The van der Waals surface area contributed by atoms with Gasteiger partial charge in [0.05, 0.1) is 4.90 Å². The number of fused-ring (bicyclic) bond motifs is 1. The summed E-state index contributed by atoms with van der Waals surface area (Å²) in [5.74, 6) is -0.158. The number of nitrogens with zero attached hydrogens (tertiary/aromatic N) is 3. The molecule has 1 aromatic carbocycles. The lowest BCUT2D eigenvalue weighted by atomic mass is 10.1. The van der Waals surface area contributed by atoms with Gasteiger partial charge in [0.15, 0.2) is 5.78 Å². The maximum Gasteiger partial charge on any atom is 0.243 e. The van der Waals surface area contributed by atoms with Crippen molar-refractivity contribution in [1.82, 2.24) is 14.3 Å². The molecule has 0 radical (unpaired) electrons. The van der Waals surface area contributed by atoms with Crippen LogP contribution in [-0.2, 0) is 23.0 Å². The summed E-state index contributed by atoms with van der Waals surface area (Å²) < 4.78 is 26.9. The zero-order chi connectivity index (χ0) is 15.7. The van der Waals surface area contributed by atoms with Gasteiger partial charge in [-0.3, -0.25) is 4.79 Å². The lowest BCUT2D eigenvalue weighted by molar-refractivity contribution is 0.101. The molecule has 0 saturated carbocycles. The number of benzene rings is 1. The quantitative estimate of drug-likeness (QED) is 0.800. The second-order valence-electron chi connectivity index (χ2n) is 5.17. The molecule has 1 aromatic heterocycles. The standard InChI is InChI=1S/C15H15N3O3S/c1-11(19)12-3-2-4-14(7-12)22(20,21)18-6-5-15-13(9-18)8-16-10-17-15/h2-4,7-8,10H,5-6,9H2,1H3. The van der Waals surface area contributed by atoms with Crippen LogP contribution >= 0.6 is 0 Å². The van der Waals surface area contributed by atoms with E-state index in [-0.39, 0.29) is 17.2 Å². The fraction of sp³-hybridized carbons (Fsp3) is 0.267. The first-order chi connectivity index (χ1) is 10.5. The van der Waals surface area contributed by atoms with Gasteiger partial charge in [0, 0.05) is 42.5 Å². The molecule has 0 N–H and O–H groups in total. The number of carbonyl (C=O) groups is 1. The smallest absolute Gasteiger partial charge is 0.243 e. The van der Waals surface area contributed by atoms with Crippen molar-refractivity contribution in [3.63, 3.8) is 0 Å². The molecule has 2 heterocycles. The number of carbonyl (C=O) groups excluding carboxylic acids is 1. The Hall–Kier alpha value is -2.12. The number of ketones is 1. The van der Waals surface area contributed by atoms with Crippen molar-refractivity contribution in [2.24, 2.45) is 0 Å². The van der Waals surface area contributed by atoms with Crippen LogP contribution in [0.2, 0.25) is 0 Å². The molecule has 0 saturated heterocycles. The molecular weight excluding hydrogens is 302 g/mol. The van der Waals surface area contributed by atoms with Gasteiger partial charge in [-0.2, -0.15) is 4.31 Å². The van der Waals surface area contributed by atoms with Gasteiger partial charge in [-0.25, -0.2) is 18.4 Å². The third-order valence-corrected chi connectivity index (χ3v) is 5.55. The minimum Gasteiger partial charge on any atom is -0.295 e. The van der Waals surface area contributed by atoms with Gasteiger partial charge in [-0.15, -0.1) is 0 Å². The molecule has 114 valence electrons. The molecule has 0 aliphatic carbocycles. The third kappa shape index (κ3) is 2.65. The Morgan fingerprint density at radius 3 is 2.91 bits per heavy atom. The average molecular weight is 317 g/mol. The Kier molecular flexibility index (Phi) is 3.76. The molecule has 0 spiro atoms. The van der Waals surface area contributed by atoms with E-state index in [1.165, 1.54) is 29.7 Å². The zero-order valence-corrected chi connectivity index (χ0v) is 12.9. The Labute approximate surface area is 128 Å². The van der Waals surface area contributed by atoms with Crippen LogP contribution in [0.3, 0.4) is 0 Å². The first-order valence-corrected chi connectivity index (χ1v) is 8.31. The van der Waals surface area contributed by atoms with Crippen LogP contribution in [0.25, 0.3) is 0 Å². The number of Topliss-reactive ketones (excluding diaryl/α,β-unsaturated/α-hetero) is 1. The maximum atomic E-state index is 12.7. The van der Waals surface area contributed by atoms with Gasteiger partial charge in [0.25, 0.3) is 0 Å². The van der Waals surface area contributed by atoms with Crippen molar-refractivity contribution < 1.29 is 13.2 Å². The van der Waals surface area contributed by atoms with Crippen molar-refractivity contribution in [2.75, 3.05) is 6.54 Å². The summed E-state index contributed by atoms with van der Waals surface area (Å²) in [5.41, 5.74) is 2.10. The highest BCUT2D eigenvalue weighted by Crippen LogP contribution is 2.24. The summed E-state index contributed by atoms with van der Waals surface area (Å²) in [7, 11) is -3.64. The molecule has 0 unspecified atom stereocenters. The largest absolute Gasteiger partial charge is 0.295 e. The van der Waals surface area contributed by atoms with E-state index in [1.807, 2.05) is 0 Å². The van der Waals surface area contributed by atoms with E-state index >= 15 is 0 Å². The molecule has 6 nitrogen and oxygen atoms in total. The molecule has 1 aliphatic heterocycles. The maximum absolute atomic E-state index is 12.7. The average Bonchev–Trinajstić information content (AvgIpc) is 2.54. The van der Waals surface area contributed by atoms with Gasteiger partial charge >= 0.3 is 0 Å².